The second-order valence-electron chi connectivity index (χ2n) is 7.91. The molecule has 3 aromatic rings. The molecular formula is C26H27N3O5S. The van der Waals surface area contributed by atoms with Crippen molar-refractivity contribution in [3.05, 3.63) is 82.2 Å². The van der Waals surface area contributed by atoms with E-state index in [9.17, 15) is 19.2 Å². The van der Waals surface area contributed by atoms with Gasteiger partial charge < -0.3 is 20.3 Å². The molecule has 0 aliphatic heterocycles. The Balaban J connectivity index is 1.50. The molecule has 0 atom stereocenters. The molecule has 0 saturated carbocycles. The van der Waals surface area contributed by atoms with Crippen LogP contribution in [0.2, 0.25) is 0 Å². The van der Waals surface area contributed by atoms with Gasteiger partial charge in [0.05, 0.1) is 12.1 Å². The summed E-state index contributed by atoms with van der Waals surface area (Å²) in [5, 5.41) is 7.41. The van der Waals surface area contributed by atoms with Crippen LogP contribution in [0.4, 0.5) is 10.7 Å². The van der Waals surface area contributed by atoms with Crippen LogP contribution in [0.25, 0.3) is 0 Å². The van der Waals surface area contributed by atoms with Crippen molar-refractivity contribution >= 4 is 45.7 Å². The Morgan fingerprint density at radius 2 is 1.63 bits per heavy atom. The van der Waals surface area contributed by atoms with Crippen molar-refractivity contribution in [1.82, 2.24) is 4.90 Å². The molecule has 9 heteroatoms. The largest absolute Gasteiger partial charge is 0.452 e. The summed E-state index contributed by atoms with van der Waals surface area (Å²) in [6.45, 7) is 3.24. The summed E-state index contributed by atoms with van der Waals surface area (Å²) in [6, 6.07) is 16.0. The van der Waals surface area contributed by atoms with Crippen LogP contribution in [0.5, 0.6) is 0 Å². The molecule has 2 N–H and O–H groups in total. The SMILES string of the molecule is CCc1ccc(C(=O)Nc2sccc2C(=O)OCC(=O)N(C)CC(=O)Nc2ccc(C)cc2)cc1. The number of aryl methyl sites for hydroxylation is 2. The number of esters is 1. The number of anilines is 2. The van der Waals surface area contributed by atoms with Gasteiger partial charge in [-0.25, -0.2) is 4.79 Å². The van der Waals surface area contributed by atoms with Crippen LogP contribution in [0.3, 0.4) is 0 Å². The van der Waals surface area contributed by atoms with Crippen molar-refractivity contribution in [3.63, 3.8) is 0 Å². The molecule has 182 valence electrons. The van der Waals surface area contributed by atoms with E-state index in [1.165, 1.54) is 29.4 Å². The van der Waals surface area contributed by atoms with Crippen LogP contribution in [-0.4, -0.2) is 48.8 Å². The zero-order valence-electron chi connectivity index (χ0n) is 19.8. The number of nitrogens with zero attached hydrogens (tertiary/aromatic N) is 1. The number of benzene rings is 2. The molecule has 0 fully saturated rings. The van der Waals surface area contributed by atoms with Crippen molar-refractivity contribution in [2.45, 2.75) is 20.3 Å². The minimum atomic E-state index is -0.742. The van der Waals surface area contributed by atoms with Gasteiger partial charge in [0.1, 0.15) is 5.00 Å². The number of ether oxygens (including phenoxy) is 1. The number of hydrogen-bond donors (Lipinski definition) is 2. The monoisotopic (exact) mass is 493 g/mol. The summed E-state index contributed by atoms with van der Waals surface area (Å²) in [4.78, 5) is 50.8. The van der Waals surface area contributed by atoms with Gasteiger partial charge in [-0.1, -0.05) is 36.8 Å². The highest BCUT2D eigenvalue weighted by molar-refractivity contribution is 7.14. The maximum atomic E-state index is 12.5. The first-order chi connectivity index (χ1) is 16.8. The summed E-state index contributed by atoms with van der Waals surface area (Å²) >= 11 is 1.18. The Morgan fingerprint density at radius 3 is 2.29 bits per heavy atom. The molecule has 1 heterocycles. The molecule has 0 aliphatic rings. The predicted octanol–water partition coefficient (Wildman–Crippen LogP) is 4.13. The fourth-order valence-electron chi connectivity index (χ4n) is 3.09. The highest BCUT2D eigenvalue weighted by Crippen LogP contribution is 2.25. The van der Waals surface area contributed by atoms with Crippen LogP contribution in [0.15, 0.2) is 60.0 Å². The number of likely N-dealkylation sites (N-methyl/N-ethyl adjacent to an activating group) is 1. The van der Waals surface area contributed by atoms with E-state index in [1.54, 1.807) is 29.6 Å². The van der Waals surface area contributed by atoms with E-state index >= 15 is 0 Å². The standard InChI is InChI=1S/C26H27N3O5S/c1-4-18-7-9-19(10-8-18)24(32)28-25-21(13-14-35-25)26(33)34-16-23(31)29(3)15-22(30)27-20-11-5-17(2)6-12-20/h5-14H,4,15-16H2,1-3H3,(H,27,30)(H,28,32). The molecule has 8 nitrogen and oxygen atoms in total. The summed E-state index contributed by atoms with van der Waals surface area (Å²) in [7, 11) is 1.45. The second-order valence-corrected chi connectivity index (χ2v) is 8.82. The average molecular weight is 494 g/mol. The van der Waals surface area contributed by atoms with E-state index in [4.69, 9.17) is 4.74 Å². The molecule has 0 saturated heterocycles. The van der Waals surface area contributed by atoms with Crippen molar-refractivity contribution in [3.8, 4) is 0 Å². The Morgan fingerprint density at radius 1 is 0.943 bits per heavy atom. The van der Waals surface area contributed by atoms with Gasteiger partial charge in [-0.15, -0.1) is 11.3 Å². The lowest BCUT2D eigenvalue weighted by atomic mass is 10.1. The number of hydrogen-bond acceptors (Lipinski definition) is 6. The van der Waals surface area contributed by atoms with Crippen LogP contribution in [-0.2, 0) is 20.7 Å². The Labute approximate surface area is 207 Å². The first kappa shape index (κ1) is 25.6. The molecule has 0 spiro atoms. The molecule has 3 rings (SSSR count). The molecule has 0 radical (unpaired) electrons. The zero-order valence-corrected chi connectivity index (χ0v) is 20.6. The van der Waals surface area contributed by atoms with Gasteiger partial charge in [-0.05, 0) is 54.6 Å². The lowest BCUT2D eigenvalue weighted by Crippen LogP contribution is -2.37. The quantitative estimate of drug-likeness (QED) is 0.436. The molecule has 1 aromatic heterocycles. The van der Waals surface area contributed by atoms with Crippen molar-refractivity contribution < 1.29 is 23.9 Å². The number of carbonyl (C=O) groups excluding carboxylic acids is 4. The highest BCUT2D eigenvalue weighted by atomic mass is 32.1. The highest BCUT2D eigenvalue weighted by Gasteiger charge is 2.20. The molecule has 3 amide bonds. The normalized spacial score (nSPS) is 10.4. The molecule has 2 aromatic carbocycles. The molecular weight excluding hydrogens is 466 g/mol. The van der Waals surface area contributed by atoms with E-state index in [0.29, 0.717) is 16.3 Å². The van der Waals surface area contributed by atoms with Crippen LogP contribution in [0.1, 0.15) is 38.8 Å². The second kappa shape index (κ2) is 11.9. The third-order valence-electron chi connectivity index (χ3n) is 5.21. The van der Waals surface area contributed by atoms with Crippen LogP contribution >= 0.6 is 11.3 Å². The Bertz CT molecular complexity index is 1200. The Hall–Kier alpha value is -3.98. The van der Waals surface area contributed by atoms with Gasteiger partial charge in [-0.2, -0.15) is 0 Å². The smallest absolute Gasteiger partial charge is 0.341 e. The number of thiophene rings is 1. The first-order valence-corrected chi connectivity index (χ1v) is 11.9. The average Bonchev–Trinajstić information content (AvgIpc) is 3.31. The lowest BCUT2D eigenvalue weighted by Gasteiger charge is -2.17. The van der Waals surface area contributed by atoms with Gasteiger partial charge >= 0.3 is 5.97 Å². The van der Waals surface area contributed by atoms with Gasteiger partial charge in [0, 0.05) is 18.3 Å². The van der Waals surface area contributed by atoms with Gasteiger partial charge in [0.2, 0.25) is 5.91 Å². The summed E-state index contributed by atoms with van der Waals surface area (Å²) in [5.41, 5.74) is 3.43. The van der Waals surface area contributed by atoms with E-state index in [0.717, 1.165) is 17.5 Å². The number of amides is 3. The number of rotatable bonds is 9. The third kappa shape index (κ3) is 7.25. The van der Waals surface area contributed by atoms with Crippen LogP contribution < -0.4 is 10.6 Å². The van der Waals surface area contributed by atoms with E-state index in [2.05, 4.69) is 10.6 Å². The topological polar surface area (TPSA) is 105 Å². The lowest BCUT2D eigenvalue weighted by molar-refractivity contribution is -0.136. The maximum Gasteiger partial charge on any atom is 0.341 e. The van der Waals surface area contributed by atoms with E-state index < -0.39 is 18.5 Å². The Kier molecular flexibility index (Phi) is 8.74. The predicted molar refractivity (Wildman–Crippen MR) is 136 cm³/mol. The third-order valence-corrected chi connectivity index (χ3v) is 6.04. The summed E-state index contributed by atoms with van der Waals surface area (Å²) < 4.78 is 5.13. The van der Waals surface area contributed by atoms with Gasteiger partial charge in [0.15, 0.2) is 6.61 Å². The van der Waals surface area contributed by atoms with Crippen molar-refractivity contribution in [1.29, 1.82) is 0 Å². The maximum absolute atomic E-state index is 12.5. The molecule has 0 bridgehead atoms. The molecule has 0 unspecified atom stereocenters. The van der Waals surface area contributed by atoms with Crippen molar-refractivity contribution in [2.75, 3.05) is 30.8 Å². The number of carbonyl (C=O) groups is 4. The van der Waals surface area contributed by atoms with E-state index in [1.807, 2.05) is 38.1 Å². The van der Waals surface area contributed by atoms with Crippen LogP contribution in [0, 0.1) is 6.92 Å². The first-order valence-electron chi connectivity index (χ1n) is 11.0. The fraction of sp³-hybridized carbons (Fsp3) is 0.231. The summed E-state index contributed by atoms with van der Waals surface area (Å²) in [6.07, 6.45) is 0.869. The fourth-order valence-corrected chi connectivity index (χ4v) is 3.86. The number of nitrogens with one attached hydrogen (secondary N) is 2. The van der Waals surface area contributed by atoms with Gasteiger partial charge in [-0.3, -0.25) is 14.4 Å². The minimum Gasteiger partial charge on any atom is -0.452 e. The zero-order chi connectivity index (χ0) is 25.4. The minimum absolute atomic E-state index is 0.154. The van der Waals surface area contributed by atoms with Gasteiger partial charge in [0.25, 0.3) is 11.8 Å². The molecule has 35 heavy (non-hydrogen) atoms. The van der Waals surface area contributed by atoms with E-state index in [-0.39, 0.29) is 23.9 Å². The molecule has 0 aliphatic carbocycles. The summed E-state index contributed by atoms with van der Waals surface area (Å²) in [5.74, 6) is -1.99. The van der Waals surface area contributed by atoms with Crippen molar-refractivity contribution in [2.24, 2.45) is 0 Å².